The maximum atomic E-state index is 12.3. The Morgan fingerprint density at radius 1 is 1.22 bits per heavy atom. The molecule has 1 heterocycles. The first kappa shape index (κ1) is 15.8. The lowest BCUT2D eigenvalue weighted by atomic mass is 9.99. The van der Waals surface area contributed by atoms with Crippen LogP contribution in [0.15, 0.2) is 0 Å². The van der Waals surface area contributed by atoms with Gasteiger partial charge in [0.2, 0.25) is 5.91 Å². The van der Waals surface area contributed by atoms with Crippen LogP contribution in [-0.4, -0.2) is 24.5 Å². The second-order valence-electron chi connectivity index (χ2n) is 6.88. The Kier molecular flexibility index (Phi) is 4.39. The molecule has 1 saturated carbocycles. The standard InChI is InChI=1S/C14H26N2O.ClH/c1-9-10(7-6-8-15-9)16-12(17)11-13(2,3)14(11,4)5;/h9-11,15H,6-8H2,1-5H3,(H,16,17);1H. The number of halogens is 1. The SMILES string of the molecule is CC1NCCCC1NC(=O)C1C(C)(C)C1(C)C.Cl. The predicted octanol–water partition coefficient (Wildman–Crippen LogP) is 2.35. The maximum absolute atomic E-state index is 12.3. The average molecular weight is 275 g/mol. The van der Waals surface area contributed by atoms with Crippen molar-refractivity contribution in [1.29, 1.82) is 0 Å². The van der Waals surface area contributed by atoms with Crippen LogP contribution in [0.2, 0.25) is 0 Å². The van der Waals surface area contributed by atoms with Gasteiger partial charge in [-0.05, 0) is 37.1 Å². The van der Waals surface area contributed by atoms with Gasteiger partial charge in [-0.3, -0.25) is 4.79 Å². The van der Waals surface area contributed by atoms with E-state index in [2.05, 4.69) is 45.3 Å². The summed E-state index contributed by atoms with van der Waals surface area (Å²) >= 11 is 0. The van der Waals surface area contributed by atoms with Crippen molar-refractivity contribution in [2.45, 2.75) is 59.5 Å². The minimum atomic E-state index is 0. The van der Waals surface area contributed by atoms with E-state index in [0.717, 1.165) is 19.4 Å². The molecule has 0 bridgehead atoms. The first-order valence-corrected chi connectivity index (χ1v) is 6.82. The van der Waals surface area contributed by atoms with Crippen LogP contribution in [0.5, 0.6) is 0 Å². The summed E-state index contributed by atoms with van der Waals surface area (Å²) in [6.45, 7) is 12.0. The summed E-state index contributed by atoms with van der Waals surface area (Å²) in [6, 6.07) is 0.709. The third-order valence-corrected chi connectivity index (χ3v) is 5.37. The van der Waals surface area contributed by atoms with Crippen molar-refractivity contribution in [3.05, 3.63) is 0 Å². The third-order valence-electron chi connectivity index (χ3n) is 5.37. The molecule has 0 spiro atoms. The Hall–Kier alpha value is -0.280. The molecule has 1 aliphatic heterocycles. The quantitative estimate of drug-likeness (QED) is 0.812. The zero-order valence-electron chi connectivity index (χ0n) is 12.2. The monoisotopic (exact) mass is 274 g/mol. The van der Waals surface area contributed by atoms with E-state index in [1.165, 1.54) is 0 Å². The average Bonchev–Trinajstić information content (AvgIpc) is 2.61. The second kappa shape index (κ2) is 5.01. The molecule has 0 radical (unpaired) electrons. The highest BCUT2D eigenvalue weighted by atomic mass is 35.5. The second-order valence-corrected chi connectivity index (χ2v) is 6.88. The highest BCUT2D eigenvalue weighted by Gasteiger charge is 2.68. The largest absolute Gasteiger partial charge is 0.352 e. The van der Waals surface area contributed by atoms with Gasteiger partial charge in [-0.25, -0.2) is 0 Å². The van der Waals surface area contributed by atoms with Crippen molar-refractivity contribution in [3.8, 4) is 0 Å². The van der Waals surface area contributed by atoms with Gasteiger partial charge in [0.15, 0.2) is 0 Å². The van der Waals surface area contributed by atoms with Gasteiger partial charge in [0.05, 0.1) is 0 Å². The van der Waals surface area contributed by atoms with E-state index < -0.39 is 0 Å². The molecule has 2 unspecified atom stereocenters. The molecule has 2 rings (SSSR count). The van der Waals surface area contributed by atoms with Crippen molar-refractivity contribution in [3.63, 3.8) is 0 Å². The first-order chi connectivity index (χ1) is 7.78. The zero-order valence-corrected chi connectivity index (χ0v) is 13.0. The van der Waals surface area contributed by atoms with Gasteiger partial charge in [-0.2, -0.15) is 0 Å². The number of nitrogens with one attached hydrogen (secondary N) is 2. The van der Waals surface area contributed by atoms with Gasteiger partial charge in [0.1, 0.15) is 0 Å². The summed E-state index contributed by atoms with van der Waals surface area (Å²) in [5.74, 6) is 0.421. The normalized spacial score (nSPS) is 33.4. The molecule has 2 N–H and O–H groups in total. The highest BCUT2D eigenvalue weighted by molar-refractivity contribution is 5.85. The molecule has 18 heavy (non-hydrogen) atoms. The fourth-order valence-corrected chi connectivity index (χ4v) is 3.36. The van der Waals surface area contributed by atoms with Crippen LogP contribution in [0.25, 0.3) is 0 Å². The van der Waals surface area contributed by atoms with Crippen LogP contribution in [0.1, 0.15) is 47.5 Å². The predicted molar refractivity (Wildman–Crippen MR) is 76.9 cm³/mol. The molecule has 0 aromatic rings. The van der Waals surface area contributed by atoms with E-state index in [9.17, 15) is 4.79 Å². The summed E-state index contributed by atoms with van der Waals surface area (Å²) in [5, 5.41) is 6.66. The summed E-state index contributed by atoms with van der Waals surface area (Å²) < 4.78 is 0. The van der Waals surface area contributed by atoms with E-state index in [1.54, 1.807) is 0 Å². The summed E-state index contributed by atoms with van der Waals surface area (Å²) in [7, 11) is 0. The molecule has 106 valence electrons. The summed E-state index contributed by atoms with van der Waals surface area (Å²) in [4.78, 5) is 12.3. The van der Waals surface area contributed by atoms with Crippen molar-refractivity contribution in [1.82, 2.24) is 10.6 Å². The highest BCUT2D eigenvalue weighted by Crippen LogP contribution is 2.68. The molecule has 4 heteroatoms. The molecule has 0 aromatic carbocycles. The third kappa shape index (κ3) is 2.39. The molecule has 3 nitrogen and oxygen atoms in total. The Morgan fingerprint density at radius 3 is 2.22 bits per heavy atom. The van der Waals surface area contributed by atoms with E-state index in [-0.39, 0.29) is 35.1 Å². The van der Waals surface area contributed by atoms with Crippen molar-refractivity contribution in [2.75, 3.05) is 6.54 Å². The van der Waals surface area contributed by atoms with Gasteiger partial charge in [0.25, 0.3) is 0 Å². The smallest absolute Gasteiger partial charge is 0.224 e. The van der Waals surface area contributed by atoms with Crippen LogP contribution in [-0.2, 0) is 4.79 Å². The molecule has 2 atom stereocenters. The topological polar surface area (TPSA) is 41.1 Å². The summed E-state index contributed by atoms with van der Waals surface area (Å²) in [6.07, 6.45) is 2.26. The minimum absolute atomic E-state index is 0. The number of hydrogen-bond acceptors (Lipinski definition) is 2. The number of piperidine rings is 1. The molecule has 2 fully saturated rings. The molecule has 1 saturated heterocycles. The van der Waals surface area contributed by atoms with Crippen LogP contribution in [0.4, 0.5) is 0 Å². The fraction of sp³-hybridized carbons (Fsp3) is 0.929. The number of carbonyl (C=O) groups is 1. The van der Waals surface area contributed by atoms with Gasteiger partial charge in [0, 0.05) is 18.0 Å². The lowest BCUT2D eigenvalue weighted by molar-refractivity contribution is -0.124. The van der Waals surface area contributed by atoms with Crippen LogP contribution in [0.3, 0.4) is 0 Å². The van der Waals surface area contributed by atoms with Gasteiger partial charge < -0.3 is 10.6 Å². The maximum Gasteiger partial charge on any atom is 0.224 e. The first-order valence-electron chi connectivity index (χ1n) is 6.82. The number of amides is 1. The Morgan fingerprint density at radius 2 is 1.78 bits per heavy atom. The van der Waals surface area contributed by atoms with Gasteiger partial charge >= 0.3 is 0 Å². The lowest BCUT2D eigenvalue weighted by Crippen LogP contribution is -2.52. The number of rotatable bonds is 2. The van der Waals surface area contributed by atoms with E-state index in [4.69, 9.17) is 0 Å². The van der Waals surface area contributed by atoms with E-state index >= 15 is 0 Å². The van der Waals surface area contributed by atoms with E-state index in [0.29, 0.717) is 12.1 Å². The summed E-state index contributed by atoms with van der Waals surface area (Å²) in [5.41, 5.74) is 0.283. The lowest BCUT2D eigenvalue weighted by Gasteiger charge is -2.31. The molecular weight excluding hydrogens is 248 g/mol. The molecule has 2 aliphatic rings. The van der Waals surface area contributed by atoms with E-state index in [1.807, 2.05) is 0 Å². The molecule has 1 amide bonds. The van der Waals surface area contributed by atoms with Crippen LogP contribution < -0.4 is 10.6 Å². The van der Waals surface area contributed by atoms with Crippen molar-refractivity contribution in [2.24, 2.45) is 16.7 Å². The minimum Gasteiger partial charge on any atom is -0.352 e. The van der Waals surface area contributed by atoms with Crippen LogP contribution in [0, 0.1) is 16.7 Å². The Labute approximate surface area is 117 Å². The van der Waals surface area contributed by atoms with Gasteiger partial charge in [-0.1, -0.05) is 27.7 Å². The Balaban J connectivity index is 0.00000162. The van der Waals surface area contributed by atoms with Crippen molar-refractivity contribution < 1.29 is 4.79 Å². The molecule has 1 aliphatic carbocycles. The van der Waals surface area contributed by atoms with Crippen molar-refractivity contribution >= 4 is 18.3 Å². The van der Waals surface area contributed by atoms with Gasteiger partial charge in [-0.15, -0.1) is 12.4 Å². The zero-order chi connectivity index (χ0) is 12.8. The molecular formula is C14H27ClN2O. The Bertz CT molecular complexity index is 314. The number of hydrogen-bond donors (Lipinski definition) is 2. The fourth-order valence-electron chi connectivity index (χ4n) is 3.36. The number of carbonyl (C=O) groups excluding carboxylic acids is 1. The molecule has 0 aromatic heterocycles. The van der Waals surface area contributed by atoms with Crippen LogP contribution >= 0.6 is 12.4 Å².